The van der Waals surface area contributed by atoms with Crippen LogP contribution in [0.25, 0.3) is 0 Å². The summed E-state index contributed by atoms with van der Waals surface area (Å²) in [6.45, 7) is 6.38. The Labute approximate surface area is 205 Å². The van der Waals surface area contributed by atoms with Gasteiger partial charge in [-0.15, -0.1) is 0 Å². The lowest BCUT2D eigenvalue weighted by atomic mass is 10.1. The van der Waals surface area contributed by atoms with Crippen LogP contribution < -0.4 is 20.4 Å². The van der Waals surface area contributed by atoms with Crippen molar-refractivity contribution in [2.45, 2.75) is 33.1 Å². The van der Waals surface area contributed by atoms with Crippen molar-refractivity contribution in [3.05, 3.63) is 66.0 Å². The molecule has 2 aliphatic rings. The van der Waals surface area contributed by atoms with Crippen LogP contribution in [0.2, 0.25) is 0 Å². The molecule has 2 aliphatic heterocycles. The van der Waals surface area contributed by atoms with Gasteiger partial charge in [0, 0.05) is 60.2 Å². The summed E-state index contributed by atoms with van der Waals surface area (Å²) in [6, 6.07) is 17.4. The number of hydrogen-bond acceptors (Lipinski definition) is 6. The number of nitrogens with one attached hydrogen (secondary N) is 2. The maximum Gasteiger partial charge on any atom is 0.229 e. The normalized spacial score (nSPS) is 17.7. The van der Waals surface area contributed by atoms with Gasteiger partial charge in [-0.25, -0.2) is 9.97 Å². The van der Waals surface area contributed by atoms with Crippen LogP contribution in [-0.4, -0.2) is 41.4 Å². The Balaban J connectivity index is 1.22. The van der Waals surface area contributed by atoms with Crippen LogP contribution >= 0.6 is 0 Å². The first kappa shape index (κ1) is 22.8. The predicted molar refractivity (Wildman–Crippen MR) is 138 cm³/mol. The molecule has 3 aromatic rings. The van der Waals surface area contributed by atoms with Crippen molar-refractivity contribution < 1.29 is 9.59 Å². The molecule has 2 aromatic carbocycles. The smallest absolute Gasteiger partial charge is 0.229 e. The van der Waals surface area contributed by atoms with Crippen molar-refractivity contribution in [1.29, 1.82) is 0 Å². The number of carbonyl (C=O) groups is 2. The summed E-state index contributed by atoms with van der Waals surface area (Å²) in [4.78, 5) is 38.6. The monoisotopic (exact) mass is 470 g/mol. The molecule has 8 heteroatoms. The third-order valence-corrected chi connectivity index (χ3v) is 6.50. The zero-order chi connectivity index (χ0) is 24.4. The second kappa shape index (κ2) is 9.74. The summed E-state index contributed by atoms with van der Waals surface area (Å²) in [7, 11) is 0. The highest BCUT2D eigenvalue weighted by Gasteiger charge is 2.35. The summed E-state index contributed by atoms with van der Waals surface area (Å²) in [6.07, 6.45) is 2.65. The number of carbonyl (C=O) groups excluding carboxylic acids is 2. The Morgan fingerprint density at radius 1 is 0.914 bits per heavy atom. The van der Waals surface area contributed by atoms with E-state index in [4.69, 9.17) is 0 Å². The molecule has 35 heavy (non-hydrogen) atoms. The number of amides is 2. The van der Waals surface area contributed by atoms with Gasteiger partial charge in [0.25, 0.3) is 0 Å². The number of hydrogen-bond donors (Lipinski definition) is 2. The van der Waals surface area contributed by atoms with E-state index in [1.807, 2.05) is 56.3 Å². The molecule has 3 heterocycles. The zero-order valence-electron chi connectivity index (χ0n) is 20.1. The Bertz CT molecular complexity index is 1220. The van der Waals surface area contributed by atoms with Crippen LogP contribution in [0.5, 0.6) is 0 Å². The standard InChI is InChI=1S/C27H30N6O2/c1-18-14-19(2)29-27(28-18)31-22-7-5-6-21(16-22)30-26(35)20-15-25(34)33(17-20)24-10-8-23(9-11-24)32-12-3-4-13-32/h5-11,14,16,20H,3-4,12-13,15,17H2,1-2H3,(H,30,35)(H,28,29,31). The fourth-order valence-corrected chi connectivity index (χ4v) is 4.78. The van der Waals surface area contributed by atoms with Gasteiger partial charge >= 0.3 is 0 Å². The first-order chi connectivity index (χ1) is 16.9. The van der Waals surface area contributed by atoms with E-state index in [0.29, 0.717) is 18.2 Å². The number of aromatic nitrogens is 2. The first-order valence-corrected chi connectivity index (χ1v) is 12.1. The Morgan fingerprint density at radius 3 is 2.29 bits per heavy atom. The summed E-state index contributed by atoms with van der Waals surface area (Å²) < 4.78 is 0. The number of rotatable bonds is 6. The number of nitrogens with zero attached hydrogens (tertiary/aromatic N) is 4. The number of benzene rings is 2. The minimum atomic E-state index is -0.403. The largest absolute Gasteiger partial charge is 0.372 e. The van der Waals surface area contributed by atoms with Crippen LogP contribution in [0.3, 0.4) is 0 Å². The predicted octanol–water partition coefficient (Wildman–Crippen LogP) is 4.43. The molecule has 0 spiro atoms. The molecule has 2 N–H and O–H groups in total. The summed E-state index contributed by atoms with van der Waals surface area (Å²) in [5, 5.41) is 6.16. The SMILES string of the molecule is Cc1cc(C)nc(Nc2cccc(NC(=O)C3CC(=O)N(c4ccc(N5CCCC5)cc4)C3)c2)n1. The van der Waals surface area contributed by atoms with Crippen LogP contribution in [0.15, 0.2) is 54.6 Å². The van der Waals surface area contributed by atoms with Crippen molar-refractivity contribution in [1.82, 2.24) is 9.97 Å². The molecular weight excluding hydrogens is 440 g/mol. The Kier molecular flexibility index (Phi) is 6.35. The molecule has 0 saturated carbocycles. The van der Waals surface area contributed by atoms with E-state index in [1.165, 1.54) is 18.5 Å². The minimum absolute atomic E-state index is 0.0264. The molecule has 1 atom stereocenters. The van der Waals surface area contributed by atoms with E-state index >= 15 is 0 Å². The van der Waals surface area contributed by atoms with Gasteiger partial charge in [-0.2, -0.15) is 0 Å². The number of aryl methyl sites for hydroxylation is 2. The van der Waals surface area contributed by atoms with E-state index in [2.05, 4.69) is 37.6 Å². The molecule has 2 saturated heterocycles. The van der Waals surface area contributed by atoms with Gasteiger partial charge in [0.05, 0.1) is 5.92 Å². The van der Waals surface area contributed by atoms with E-state index in [-0.39, 0.29) is 18.2 Å². The van der Waals surface area contributed by atoms with Gasteiger partial charge in [0.15, 0.2) is 0 Å². The fraction of sp³-hybridized carbons (Fsp3) is 0.333. The average molecular weight is 471 g/mol. The van der Waals surface area contributed by atoms with Gasteiger partial charge in [0.1, 0.15) is 0 Å². The van der Waals surface area contributed by atoms with Crippen molar-refractivity contribution in [3.8, 4) is 0 Å². The van der Waals surface area contributed by atoms with Crippen molar-refractivity contribution >= 4 is 40.5 Å². The molecule has 1 unspecified atom stereocenters. The van der Waals surface area contributed by atoms with Crippen molar-refractivity contribution in [3.63, 3.8) is 0 Å². The van der Waals surface area contributed by atoms with Crippen LogP contribution in [-0.2, 0) is 9.59 Å². The molecule has 1 aromatic heterocycles. The van der Waals surface area contributed by atoms with Gasteiger partial charge in [0.2, 0.25) is 17.8 Å². The molecule has 0 radical (unpaired) electrons. The lowest BCUT2D eigenvalue weighted by Crippen LogP contribution is -2.28. The average Bonchev–Trinajstić information content (AvgIpc) is 3.49. The summed E-state index contributed by atoms with van der Waals surface area (Å²) in [5.41, 5.74) is 5.22. The van der Waals surface area contributed by atoms with Crippen molar-refractivity contribution in [2.24, 2.45) is 5.92 Å². The summed E-state index contributed by atoms with van der Waals surface area (Å²) >= 11 is 0. The molecule has 180 valence electrons. The first-order valence-electron chi connectivity index (χ1n) is 12.1. The van der Waals surface area contributed by atoms with Crippen LogP contribution in [0.4, 0.5) is 28.7 Å². The van der Waals surface area contributed by atoms with Crippen molar-refractivity contribution in [2.75, 3.05) is 40.1 Å². The van der Waals surface area contributed by atoms with E-state index in [0.717, 1.165) is 35.9 Å². The topological polar surface area (TPSA) is 90.5 Å². The molecule has 0 bridgehead atoms. The van der Waals surface area contributed by atoms with E-state index in [1.54, 1.807) is 4.90 Å². The quantitative estimate of drug-likeness (QED) is 0.554. The van der Waals surface area contributed by atoms with Gasteiger partial charge in [-0.3, -0.25) is 9.59 Å². The van der Waals surface area contributed by atoms with Gasteiger partial charge in [-0.1, -0.05) is 6.07 Å². The van der Waals surface area contributed by atoms with Gasteiger partial charge in [-0.05, 0) is 75.2 Å². The second-order valence-corrected chi connectivity index (χ2v) is 9.29. The molecule has 8 nitrogen and oxygen atoms in total. The van der Waals surface area contributed by atoms with Gasteiger partial charge < -0.3 is 20.4 Å². The highest BCUT2D eigenvalue weighted by Crippen LogP contribution is 2.29. The zero-order valence-corrected chi connectivity index (χ0v) is 20.1. The molecule has 2 fully saturated rings. The minimum Gasteiger partial charge on any atom is -0.372 e. The molecule has 5 rings (SSSR count). The highest BCUT2D eigenvalue weighted by atomic mass is 16.2. The highest BCUT2D eigenvalue weighted by molar-refractivity contribution is 6.03. The third kappa shape index (κ3) is 5.26. The molecule has 2 amide bonds. The Morgan fingerprint density at radius 2 is 1.57 bits per heavy atom. The summed E-state index contributed by atoms with van der Waals surface area (Å²) in [5.74, 6) is -0.0744. The number of anilines is 5. The lowest BCUT2D eigenvalue weighted by molar-refractivity contribution is -0.122. The van der Waals surface area contributed by atoms with E-state index in [9.17, 15) is 9.59 Å². The maximum atomic E-state index is 13.0. The molecule has 0 aliphatic carbocycles. The van der Waals surface area contributed by atoms with Crippen LogP contribution in [0, 0.1) is 19.8 Å². The molecular formula is C27H30N6O2. The lowest BCUT2D eigenvalue weighted by Gasteiger charge is -2.20. The second-order valence-electron chi connectivity index (χ2n) is 9.29. The van der Waals surface area contributed by atoms with Crippen LogP contribution in [0.1, 0.15) is 30.7 Å². The Hall–Kier alpha value is -3.94. The fourth-order valence-electron chi connectivity index (χ4n) is 4.78. The van der Waals surface area contributed by atoms with E-state index < -0.39 is 5.92 Å². The maximum absolute atomic E-state index is 13.0. The third-order valence-electron chi connectivity index (χ3n) is 6.50.